The molecule has 0 amide bonds. The Labute approximate surface area is 134 Å². The standard InChI is InChI=1S/C20H42O/c1-18(2)13-9-6-5-7-11-15-20(17-21)16-12-8-10-14-19(3)4/h18-21H,5-17H2,1-4H3. The van der Waals surface area contributed by atoms with Crippen molar-refractivity contribution in [1.82, 2.24) is 0 Å². The third kappa shape index (κ3) is 16.2. The minimum atomic E-state index is 0.400. The van der Waals surface area contributed by atoms with Gasteiger partial charge in [0.15, 0.2) is 0 Å². The van der Waals surface area contributed by atoms with Crippen molar-refractivity contribution in [2.75, 3.05) is 6.61 Å². The first-order chi connectivity index (χ1) is 10.1. The molecule has 21 heavy (non-hydrogen) atoms. The zero-order valence-electron chi connectivity index (χ0n) is 15.4. The Morgan fingerprint density at radius 3 is 1.24 bits per heavy atom. The third-order valence-electron chi connectivity index (χ3n) is 4.55. The van der Waals surface area contributed by atoms with Crippen LogP contribution in [0.2, 0.25) is 0 Å². The first kappa shape index (κ1) is 21.0. The van der Waals surface area contributed by atoms with E-state index in [1.807, 2.05) is 0 Å². The highest BCUT2D eigenvalue weighted by molar-refractivity contribution is 4.60. The van der Waals surface area contributed by atoms with Gasteiger partial charge in [-0.1, -0.05) is 91.9 Å². The van der Waals surface area contributed by atoms with Gasteiger partial charge in [0.25, 0.3) is 0 Å². The molecule has 0 rings (SSSR count). The maximum Gasteiger partial charge on any atom is 0.0459 e. The molecule has 0 saturated carbocycles. The number of hydrogen-bond acceptors (Lipinski definition) is 1. The fraction of sp³-hybridized carbons (Fsp3) is 1.00. The second kappa shape index (κ2) is 14.9. The number of aliphatic hydroxyl groups is 1. The van der Waals surface area contributed by atoms with Gasteiger partial charge in [-0.2, -0.15) is 0 Å². The van der Waals surface area contributed by atoms with Crippen molar-refractivity contribution in [2.24, 2.45) is 17.8 Å². The van der Waals surface area contributed by atoms with E-state index in [0.717, 1.165) is 11.8 Å². The zero-order valence-corrected chi connectivity index (χ0v) is 15.4. The van der Waals surface area contributed by atoms with Crippen molar-refractivity contribution in [2.45, 2.75) is 105 Å². The summed E-state index contributed by atoms with van der Waals surface area (Å²) in [4.78, 5) is 0. The van der Waals surface area contributed by atoms with Gasteiger partial charge in [-0.3, -0.25) is 0 Å². The van der Waals surface area contributed by atoms with E-state index in [9.17, 15) is 5.11 Å². The lowest BCUT2D eigenvalue weighted by Crippen LogP contribution is -2.06. The first-order valence-electron chi connectivity index (χ1n) is 9.67. The van der Waals surface area contributed by atoms with Crippen LogP contribution in [0.5, 0.6) is 0 Å². The summed E-state index contributed by atoms with van der Waals surface area (Å²) < 4.78 is 0. The van der Waals surface area contributed by atoms with Crippen molar-refractivity contribution in [3.8, 4) is 0 Å². The molecule has 0 aliphatic carbocycles. The highest BCUT2D eigenvalue weighted by Gasteiger charge is 2.07. The fourth-order valence-corrected chi connectivity index (χ4v) is 3.01. The van der Waals surface area contributed by atoms with Crippen LogP contribution in [0.25, 0.3) is 0 Å². The smallest absolute Gasteiger partial charge is 0.0459 e. The lowest BCUT2D eigenvalue weighted by molar-refractivity contribution is 0.204. The zero-order chi connectivity index (χ0) is 15.9. The van der Waals surface area contributed by atoms with Crippen LogP contribution in [0.4, 0.5) is 0 Å². The predicted molar refractivity (Wildman–Crippen MR) is 95.7 cm³/mol. The summed E-state index contributed by atoms with van der Waals surface area (Å²) >= 11 is 0. The Hall–Kier alpha value is -0.0400. The van der Waals surface area contributed by atoms with Crippen molar-refractivity contribution in [1.29, 1.82) is 0 Å². The summed E-state index contributed by atoms with van der Waals surface area (Å²) in [6.45, 7) is 9.63. The Balaban J connectivity index is 3.36. The molecular weight excluding hydrogens is 256 g/mol. The molecule has 1 unspecified atom stereocenters. The van der Waals surface area contributed by atoms with E-state index < -0.39 is 0 Å². The molecule has 0 bridgehead atoms. The second-order valence-corrected chi connectivity index (χ2v) is 7.82. The molecule has 0 aromatic heterocycles. The minimum Gasteiger partial charge on any atom is -0.396 e. The second-order valence-electron chi connectivity index (χ2n) is 7.82. The Morgan fingerprint density at radius 1 is 0.524 bits per heavy atom. The number of unbranched alkanes of at least 4 members (excludes halogenated alkanes) is 6. The van der Waals surface area contributed by atoms with Gasteiger partial charge in [-0.15, -0.1) is 0 Å². The van der Waals surface area contributed by atoms with Gasteiger partial charge >= 0.3 is 0 Å². The number of aliphatic hydroxyl groups excluding tert-OH is 1. The van der Waals surface area contributed by atoms with E-state index in [1.54, 1.807) is 0 Å². The van der Waals surface area contributed by atoms with E-state index in [2.05, 4.69) is 27.7 Å². The highest BCUT2D eigenvalue weighted by atomic mass is 16.3. The van der Waals surface area contributed by atoms with Crippen LogP contribution in [-0.4, -0.2) is 11.7 Å². The van der Waals surface area contributed by atoms with Gasteiger partial charge in [-0.05, 0) is 30.6 Å². The molecule has 0 aliphatic rings. The van der Waals surface area contributed by atoms with Crippen LogP contribution < -0.4 is 0 Å². The fourth-order valence-electron chi connectivity index (χ4n) is 3.01. The summed E-state index contributed by atoms with van der Waals surface area (Å²) in [5, 5.41) is 9.47. The molecule has 1 nitrogen and oxygen atoms in total. The molecule has 0 heterocycles. The average molecular weight is 299 g/mol. The molecule has 0 fully saturated rings. The summed E-state index contributed by atoms with van der Waals surface area (Å²) in [5.41, 5.74) is 0. The van der Waals surface area contributed by atoms with Gasteiger partial charge < -0.3 is 5.11 Å². The molecule has 0 aromatic rings. The summed E-state index contributed by atoms with van der Waals surface area (Å²) in [5.74, 6) is 2.27. The Kier molecular flexibility index (Phi) is 14.9. The maximum atomic E-state index is 9.47. The van der Waals surface area contributed by atoms with E-state index in [1.165, 1.54) is 77.0 Å². The lowest BCUT2D eigenvalue weighted by atomic mass is 9.94. The first-order valence-corrected chi connectivity index (χ1v) is 9.67. The molecule has 0 aliphatic heterocycles. The average Bonchev–Trinajstić information content (AvgIpc) is 2.43. The van der Waals surface area contributed by atoms with Crippen molar-refractivity contribution < 1.29 is 5.11 Å². The van der Waals surface area contributed by atoms with Crippen LogP contribution in [0, 0.1) is 17.8 Å². The van der Waals surface area contributed by atoms with Gasteiger partial charge in [0, 0.05) is 6.61 Å². The van der Waals surface area contributed by atoms with Crippen LogP contribution in [-0.2, 0) is 0 Å². The van der Waals surface area contributed by atoms with E-state index in [4.69, 9.17) is 0 Å². The van der Waals surface area contributed by atoms with E-state index in [-0.39, 0.29) is 0 Å². The van der Waals surface area contributed by atoms with Crippen molar-refractivity contribution in [3.63, 3.8) is 0 Å². The summed E-state index contributed by atoms with van der Waals surface area (Å²) in [7, 11) is 0. The SMILES string of the molecule is CC(C)CCCCCCCC(CO)CCCCCC(C)C. The van der Waals surface area contributed by atoms with Gasteiger partial charge in [0.2, 0.25) is 0 Å². The summed E-state index contributed by atoms with van der Waals surface area (Å²) in [6.07, 6.45) is 16.1. The molecular formula is C20H42O. The van der Waals surface area contributed by atoms with Gasteiger partial charge in [-0.25, -0.2) is 0 Å². The molecule has 1 N–H and O–H groups in total. The monoisotopic (exact) mass is 298 g/mol. The quantitative estimate of drug-likeness (QED) is 0.338. The minimum absolute atomic E-state index is 0.400. The van der Waals surface area contributed by atoms with Crippen LogP contribution in [0.1, 0.15) is 105 Å². The summed E-state index contributed by atoms with van der Waals surface area (Å²) in [6, 6.07) is 0. The molecule has 0 aromatic carbocycles. The Morgan fingerprint density at radius 2 is 0.857 bits per heavy atom. The van der Waals surface area contributed by atoms with Gasteiger partial charge in [0.05, 0.1) is 0 Å². The normalized spacial score (nSPS) is 13.3. The van der Waals surface area contributed by atoms with Crippen LogP contribution >= 0.6 is 0 Å². The molecule has 128 valence electrons. The topological polar surface area (TPSA) is 20.2 Å². The maximum absolute atomic E-state index is 9.47. The van der Waals surface area contributed by atoms with Crippen molar-refractivity contribution in [3.05, 3.63) is 0 Å². The molecule has 0 saturated heterocycles. The number of hydrogen-bond donors (Lipinski definition) is 1. The lowest BCUT2D eigenvalue weighted by Gasteiger charge is -2.14. The molecule has 0 radical (unpaired) electrons. The van der Waals surface area contributed by atoms with Gasteiger partial charge in [0.1, 0.15) is 0 Å². The molecule has 0 spiro atoms. The number of rotatable bonds is 15. The predicted octanol–water partition coefficient (Wildman–Crippen LogP) is 6.59. The van der Waals surface area contributed by atoms with Crippen molar-refractivity contribution >= 4 is 0 Å². The largest absolute Gasteiger partial charge is 0.396 e. The molecule has 1 atom stereocenters. The third-order valence-corrected chi connectivity index (χ3v) is 4.55. The molecule has 1 heteroatoms. The van der Waals surface area contributed by atoms with E-state index >= 15 is 0 Å². The van der Waals surface area contributed by atoms with E-state index in [0.29, 0.717) is 12.5 Å². The van der Waals surface area contributed by atoms with Crippen LogP contribution in [0.15, 0.2) is 0 Å². The highest BCUT2D eigenvalue weighted by Crippen LogP contribution is 2.19. The van der Waals surface area contributed by atoms with Crippen LogP contribution in [0.3, 0.4) is 0 Å². The Bertz CT molecular complexity index is 198.